The number of halogens is 2. The first-order valence-corrected chi connectivity index (χ1v) is 9.84. The largest absolute Gasteiger partial charge is 0.335 e. The number of carbonyl (C=O) groups is 1. The van der Waals surface area contributed by atoms with Crippen LogP contribution in [-0.4, -0.2) is 40.9 Å². The molecule has 6 heteroatoms. The van der Waals surface area contributed by atoms with Crippen molar-refractivity contribution in [2.45, 2.75) is 50.7 Å². The molecule has 1 heterocycles. The molecular formula is C18H24F2N2OS. The van der Waals surface area contributed by atoms with E-state index in [1.165, 1.54) is 18.2 Å². The SMILES string of the molecule is O=C(CC1CSCCN1)N(Cc1c(F)cccc1F)C1CCCC1. The van der Waals surface area contributed by atoms with Gasteiger partial charge in [0.1, 0.15) is 11.6 Å². The summed E-state index contributed by atoms with van der Waals surface area (Å²) in [6, 6.07) is 4.14. The number of hydrogen-bond donors (Lipinski definition) is 1. The van der Waals surface area contributed by atoms with Gasteiger partial charge in [-0.25, -0.2) is 8.78 Å². The van der Waals surface area contributed by atoms with E-state index >= 15 is 0 Å². The summed E-state index contributed by atoms with van der Waals surface area (Å²) in [6.07, 6.45) is 4.40. The Kier molecular flexibility index (Phi) is 6.11. The first-order valence-electron chi connectivity index (χ1n) is 8.68. The van der Waals surface area contributed by atoms with Crippen molar-refractivity contribution in [1.29, 1.82) is 0 Å². The predicted octanol–water partition coefficient (Wildman–Crippen LogP) is 3.33. The summed E-state index contributed by atoms with van der Waals surface area (Å²) in [6.45, 7) is 0.940. The number of nitrogens with zero attached hydrogens (tertiary/aromatic N) is 1. The molecule has 0 bridgehead atoms. The van der Waals surface area contributed by atoms with E-state index in [9.17, 15) is 13.6 Å². The van der Waals surface area contributed by atoms with Crippen molar-refractivity contribution < 1.29 is 13.6 Å². The lowest BCUT2D eigenvalue weighted by atomic mass is 10.1. The number of hydrogen-bond acceptors (Lipinski definition) is 3. The van der Waals surface area contributed by atoms with Gasteiger partial charge in [-0.05, 0) is 25.0 Å². The van der Waals surface area contributed by atoms with Gasteiger partial charge in [0.05, 0.1) is 6.54 Å². The molecular weight excluding hydrogens is 330 g/mol. The Hall–Kier alpha value is -1.14. The van der Waals surface area contributed by atoms with Gasteiger partial charge in [-0.2, -0.15) is 11.8 Å². The summed E-state index contributed by atoms with van der Waals surface area (Å²) in [5.74, 6) is 0.842. The molecule has 1 amide bonds. The fourth-order valence-electron chi connectivity index (χ4n) is 3.57. The molecule has 1 saturated carbocycles. The highest BCUT2D eigenvalue weighted by Crippen LogP contribution is 2.27. The van der Waals surface area contributed by atoms with E-state index in [0.29, 0.717) is 6.42 Å². The Morgan fingerprint density at radius 3 is 2.58 bits per heavy atom. The molecule has 3 rings (SSSR count). The van der Waals surface area contributed by atoms with Gasteiger partial charge in [-0.3, -0.25) is 4.79 Å². The molecule has 1 aromatic rings. The standard InChI is InChI=1S/C18H24F2N2OS/c19-16-6-3-7-17(20)15(16)11-22(14-4-1-2-5-14)18(23)10-13-12-24-9-8-21-13/h3,6-7,13-14,21H,1-2,4-5,8-12H2. The van der Waals surface area contributed by atoms with Crippen molar-refractivity contribution in [3.63, 3.8) is 0 Å². The first kappa shape index (κ1) is 17.7. The molecule has 1 aliphatic heterocycles. The smallest absolute Gasteiger partial charge is 0.224 e. The minimum atomic E-state index is -0.572. The van der Waals surface area contributed by atoms with E-state index in [1.54, 1.807) is 4.90 Å². The minimum absolute atomic E-state index is 0.00345. The second-order valence-corrected chi connectivity index (χ2v) is 7.74. The van der Waals surface area contributed by atoms with Crippen LogP contribution in [0.2, 0.25) is 0 Å². The molecule has 1 aliphatic carbocycles. The topological polar surface area (TPSA) is 32.3 Å². The highest BCUT2D eigenvalue weighted by Gasteiger charge is 2.30. The fraction of sp³-hybridized carbons (Fsp3) is 0.611. The minimum Gasteiger partial charge on any atom is -0.335 e. The molecule has 0 spiro atoms. The number of benzene rings is 1. The molecule has 1 saturated heterocycles. The van der Waals surface area contributed by atoms with Gasteiger partial charge in [0.15, 0.2) is 0 Å². The van der Waals surface area contributed by atoms with Gasteiger partial charge in [0, 0.05) is 42.1 Å². The molecule has 132 valence electrons. The second-order valence-electron chi connectivity index (χ2n) is 6.59. The van der Waals surface area contributed by atoms with Crippen molar-refractivity contribution in [3.05, 3.63) is 35.4 Å². The number of rotatable bonds is 5. The fourth-order valence-corrected chi connectivity index (χ4v) is 4.52. The van der Waals surface area contributed by atoms with E-state index in [1.807, 2.05) is 11.8 Å². The summed E-state index contributed by atoms with van der Waals surface area (Å²) < 4.78 is 28.1. The van der Waals surface area contributed by atoms with E-state index < -0.39 is 11.6 Å². The molecule has 3 nitrogen and oxygen atoms in total. The van der Waals surface area contributed by atoms with Crippen LogP contribution < -0.4 is 5.32 Å². The summed E-state index contributed by atoms with van der Waals surface area (Å²) in [4.78, 5) is 14.6. The third kappa shape index (κ3) is 4.28. The zero-order chi connectivity index (χ0) is 16.9. The maximum Gasteiger partial charge on any atom is 0.224 e. The Labute approximate surface area is 146 Å². The lowest BCUT2D eigenvalue weighted by Gasteiger charge is -2.32. The van der Waals surface area contributed by atoms with Gasteiger partial charge in [-0.15, -0.1) is 0 Å². The maximum atomic E-state index is 14.0. The van der Waals surface area contributed by atoms with Crippen LogP contribution in [0.4, 0.5) is 8.78 Å². The lowest BCUT2D eigenvalue weighted by molar-refractivity contribution is -0.134. The molecule has 0 radical (unpaired) electrons. The van der Waals surface area contributed by atoms with E-state index in [2.05, 4.69) is 5.32 Å². The van der Waals surface area contributed by atoms with E-state index in [4.69, 9.17) is 0 Å². The third-order valence-corrected chi connectivity index (χ3v) is 6.03. The van der Waals surface area contributed by atoms with Crippen molar-refractivity contribution in [1.82, 2.24) is 10.2 Å². The van der Waals surface area contributed by atoms with Gasteiger partial charge < -0.3 is 10.2 Å². The van der Waals surface area contributed by atoms with E-state index in [-0.39, 0.29) is 30.1 Å². The third-order valence-electron chi connectivity index (χ3n) is 4.90. The normalized spacial score (nSPS) is 21.8. The summed E-state index contributed by atoms with van der Waals surface area (Å²) >= 11 is 1.84. The van der Waals surface area contributed by atoms with Crippen molar-refractivity contribution in [2.75, 3.05) is 18.1 Å². The average molecular weight is 354 g/mol. The molecule has 1 atom stereocenters. The van der Waals surface area contributed by atoms with E-state index in [0.717, 1.165) is 43.7 Å². The van der Waals surface area contributed by atoms with Gasteiger partial charge in [0.2, 0.25) is 5.91 Å². The number of carbonyl (C=O) groups excluding carboxylic acids is 1. The quantitative estimate of drug-likeness (QED) is 0.880. The zero-order valence-corrected chi connectivity index (χ0v) is 14.6. The Morgan fingerprint density at radius 2 is 1.96 bits per heavy atom. The monoisotopic (exact) mass is 354 g/mol. The van der Waals surface area contributed by atoms with Crippen LogP contribution in [0.3, 0.4) is 0 Å². The number of amides is 1. The van der Waals surface area contributed by atoms with Crippen molar-refractivity contribution >= 4 is 17.7 Å². The Bertz CT molecular complexity index is 552. The highest BCUT2D eigenvalue weighted by molar-refractivity contribution is 7.99. The molecule has 1 N–H and O–H groups in total. The van der Waals surface area contributed by atoms with Gasteiger partial charge in [0.25, 0.3) is 0 Å². The molecule has 1 unspecified atom stereocenters. The summed E-state index contributed by atoms with van der Waals surface area (Å²) in [5.41, 5.74) is 0.00345. The molecule has 2 fully saturated rings. The number of nitrogens with one attached hydrogen (secondary N) is 1. The van der Waals surface area contributed by atoms with Crippen LogP contribution in [-0.2, 0) is 11.3 Å². The van der Waals surface area contributed by atoms with Gasteiger partial charge in [-0.1, -0.05) is 18.9 Å². The number of thioether (sulfide) groups is 1. The summed E-state index contributed by atoms with van der Waals surface area (Å²) in [7, 11) is 0. The van der Waals surface area contributed by atoms with Crippen molar-refractivity contribution in [2.24, 2.45) is 0 Å². The van der Waals surface area contributed by atoms with Crippen LogP contribution in [0.5, 0.6) is 0 Å². The first-order chi connectivity index (χ1) is 11.6. The molecule has 1 aromatic carbocycles. The zero-order valence-electron chi connectivity index (χ0n) is 13.8. The maximum absolute atomic E-state index is 14.0. The van der Waals surface area contributed by atoms with Crippen LogP contribution >= 0.6 is 11.8 Å². The van der Waals surface area contributed by atoms with Crippen LogP contribution in [0.25, 0.3) is 0 Å². The highest BCUT2D eigenvalue weighted by atomic mass is 32.2. The van der Waals surface area contributed by atoms with Gasteiger partial charge >= 0.3 is 0 Å². The Morgan fingerprint density at radius 1 is 1.25 bits per heavy atom. The summed E-state index contributed by atoms with van der Waals surface area (Å²) in [5, 5.41) is 3.37. The van der Waals surface area contributed by atoms with Crippen molar-refractivity contribution in [3.8, 4) is 0 Å². The van der Waals surface area contributed by atoms with Crippen LogP contribution in [0.15, 0.2) is 18.2 Å². The second kappa shape index (κ2) is 8.30. The van der Waals surface area contributed by atoms with Crippen LogP contribution in [0, 0.1) is 11.6 Å². The average Bonchev–Trinajstić information content (AvgIpc) is 3.09. The molecule has 2 aliphatic rings. The lowest BCUT2D eigenvalue weighted by Crippen LogP contribution is -2.45. The Balaban J connectivity index is 1.74. The molecule has 24 heavy (non-hydrogen) atoms. The predicted molar refractivity (Wildman–Crippen MR) is 92.9 cm³/mol. The molecule has 0 aromatic heterocycles. The van der Waals surface area contributed by atoms with Crippen LogP contribution in [0.1, 0.15) is 37.7 Å².